The summed E-state index contributed by atoms with van der Waals surface area (Å²) in [6.45, 7) is 2.21. The van der Waals surface area contributed by atoms with Crippen molar-refractivity contribution in [2.24, 2.45) is 11.8 Å². The molecule has 1 saturated carbocycles. The van der Waals surface area contributed by atoms with Crippen LogP contribution in [0.4, 0.5) is 0 Å². The van der Waals surface area contributed by atoms with Crippen molar-refractivity contribution in [2.45, 2.75) is 50.9 Å². The fraction of sp³-hybridized carbons (Fsp3) is 1.00. The third-order valence-corrected chi connectivity index (χ3v) is 3.79. The average Bonchev–Trinajstić information content (AvgIpc) is 2.74. The standard InChI is InChI=1S/C11H20O3/c1-2-9(13)10-5-7-3-4-8(6-12)11(7)14-10/h7-13H,2-6H2,1H3/t7-,8-,9-,10+,11+/m1/s1. The lowest BCUT2D eigenvalue weighted by atomic mass is 9.97. The van der Waals surface area contributed by atoms with Gasteiger partial charge in [0.15, 0.2) is 0 Å². The van der Waals surface area contributed by atoms with Gasteiger partial charge in [0.1, 0.15) is 0 Å². The van der Waals surface area contributed by atoms with Crippen LogP contribution in [0.2, 0.25) is 0 Å². The van der Waals surface area contributed by atoms with E-state index >= 15 is 0 Å². The second-order valence-corrected chi connectivity index (χ2v) is 4.63. The average molecular weight is 200 g/mol. The Morgan fingerprint density at radius 2 is 2.21 bits per heavy atom. The Morgan fingerprint density at radius 3 is 2.86 bits per heavy atom. The quantitative estimate of drug-likeness (QED) is 0.712. The van der Waals surface area contributed by atoms with Gasteiger partial charge < -0.3 is 14.9 Å². The number of hydrogen-bond acceptors (Lipinski definition) is 3. The lowest BCUT2D eigenvalue weighted by Gasteiger charge is -2.20. The summed E-state index contributed by atoms with van der Waals surface area (Å²) in [4.78, 5) is 0. The van der Waals surface area contributed by atoms with E-state index in [1.54, 1.807) is 0 Å². The minimum absolute atomic E-state index is 0.0179. The summed E-state index contributed by atoms with van der Waals surface area (Å²) in [6.07, 6.45) is 3.89. The minimum Gasteiger partial charge on any atom is -0.396 e. The first-order chi connectivity index (χ1) is 6.76. The lowest BCUT2D eigenvalue weighted by Crippen LogP contribution is -2.28. The molecule has 2 N–H and O–H groups in total. The number of fused-ring (bicyclic) bond motifs is 1. The summed E-state index contributed by atoms with van der Waals surface area (Å²) < 4.78 is 5.83. The normalized spacial score (nSPS) is 43.9. The third-order valence-electron chi connectivity index (χ3n) is 3.79. The van der Waals surface area contributed by atoms with Gasteiger partial charge in [-0.25, -0.2) is 0 Å². The SMILES string of the molecule is CC[C@@H](O)[C@@H]1C[C@H]2CC[C@H](CO)[C@H]2O1. The van der Waals surface area contributed by atoms with Crippen molar-refractivity contribution in [1.29, 1.82) is 0 Å². The van der Waals surface area contributed by atoms with Gasteiger partial charge in [-0.05, 0) is 31.6 Å². The van der Waals surface area contributed by atoms with Crippen LogP contribution in [-0.4, -0.2) is 35.1 Å². The van der Waals surface area contributed by atoms with E-state index in [0.29, 0.717) is 11.8 Å². The summed E-state index contributed by atoms with van der Waals surface area (Å²) >= 11 is 0. The first-order valence-electron chi connectivity index (χ1n) is 5.70. The van der Waals surface area contributed by atoms with Crippen molar-refractivity contribution >= 4 is 0 Å². The Bertz CT molecular complexity index is 195. The van der Waals surface area contributed by atoms with Crippen LogP contribution in [0.5, 0.6) is 0 Å². The Balaban J connectivity index is 1.94. The molecular formula is C11H20O3. The number of hydrogen-bond donors (Lipinski definition) is 2. The van der Waals surface area contributed by atoms with Crippen LogP contribution in [-0.2, 0) is 4.74 Å². The van der Waals surface area contributed by atoms with Gasteiger partial charge in [-0.3, -0.25) is 0 Å². The maximum Gasteiger partial charge on any atom is 0.0841 e. The van der Waals surface area contributed by atoms with Gasteiger partial charge in [0, 0.05) is 12.5 Å². The third kappa shape index (κ3) is 1.69. The fourth-order valence-electron chi connectivity index (χ4n) is 2.88. The smallest absolute Gasteiger partial charge is 0.0841 e. The molecule has 1 aliphatic heterocycles. The van der Waals surface area contributed by atoms with Crippen molar-refractivity contribution in [3.8, 4) is 0 Å². The molecule has 0 bridgehead atoms. The van der Waals surface area contributed by atoms with Crippen LogP contribution in [0, 0.1) is 11.8 Å². The minimum atomic E-state index is -0.319. The highest BCUT2D eigenvalue weighted by molar-refractivity contribution is 4.94. The molecule has 2 aliphatic rings. The highest BCUT2D eigenvalue weighted by Crippen LogP contribution is 2.43. The van der Waals surface area contributed by atoms with Crippen molar-refractivity contribution in [1.82, 2.24) is 0 Å². The molecule has 1 heterocycles. The van der Waals surface area contributed by atoms with E-state index in [1.807, 2.05) is 6.92 Å². The molecule has 0 aromatic carbocycles. The van der Waals surface area contributed by atoms with E-state index in [9.17, 15) is 5.11 Å². The molecule has 0 radical (unpaired) electrons. The van der Waals surface area contributed by atoms with Gasteiger partial charge in [-0.2, -0.15) is 0 Å². The van der Waals surface area contributed by atoms with Gasteiger partial charge >= 0.3 is 0 Å². The second-order valence-electron chi connectivity index (χ2n) is 4.63. The number of aliphatic hydroxyl groups excluding tert-OH is 2. The summed E-state index contributed by atoms with van der Waals surface area (Å²) in [6, 6.07) is 0. The molecule has 0 spiro atoms. The fourth-order valence-corrected chi connectivity index (χ4v) is 2.88. The van der Waals surface area contributed by atoms with E-state index in [2.05, 4.69) is 0 Å². The van der Waals surface area contributed by atoms with Crippen LogP contribution >= 0.6 is 0 Å². The zero-order chi connectivity index (χ0) is 10.1. The van der Waals surface area contributed by atoms with Crippen LogP contribution in [0.25, 0.3) is 0 Å². The number of aliphatic hydroxyl groups is 2. The van der Waals surface area contributed by atoms with E-state index in [4.69, 9.17) is 9.84 Å². The zero-order valence-corrected chi connectivity index (χ0v) is 8.72. The molecule has 5 atom stereocenters. The van der Waals surface area contributed by atoms with Crippen molar-refractivity contribution in [3.63, 3.8) is 0 Å². The maximum absolute atomic E-state index is 9.68. The maximum atomic E-state index is 9.68. The summed E-state index contributed by atoms with van der Waals surface area (Å²) in [5.41, 5.74) is 0. The predicted octanol–water partition coefficient (Wildman–Crippen LogP) is 0.933. The molecule has 1 aliphatic carbocycles. The molecule has 1 saturated heterocycles. The van der Waals surface area contributed by atoms with Gasteiger partial charge in [0.2, 0.25) is 0 Å². The molecule has 14 heavy (non-hydrogen) atoms. The Kier molecular flexibility index (Phi) is 3.10. The Hall–Kier alpha value is -0.120. The number of ether oxygens (including phenoxy) is 1. The summed E-state index contributed by atoms with van der Waals surface area (Å²) in [5.74, 6) is 0.896. The summed E-state index contributed by atoms with van der Waals surface area (Å²) in [7, 11) is 0. The van der Waals surface area contributed by atoms with E-state index < -0.39 is 0 Å². The highest BCUT2D eigenvalue weighted by atomic mass is 16.5. The molecule has 82 valence electrons. The molecular weight excluding hydrogens is 180 g/mol. The first-order valence-corrected chi connectivity index (χ1v) is 5.70. The monoisotopic (exact) mass is 200 g/mol. The largest absolute Gasteiger partial charge is 0.396 e. The van der Waals surface area contributed by atoms with Crippen LogP contribution in [0.3, 0.4) is 0 Å². The van der Waals surface area contributed by atoms with Crippen molar-refractivity contribution in [3.05, 3.63) is 0 Å². The van der Waals surface area contributed by atoms with E-state index in [0.717, 1.165) is 25.7 Å². The topological polar surface area (TPSA) is 49.7 Å². The van der Waals surface area contributed by atoms with E-state index in [-0.39, 0.29) is 24.9 Å². The molecule has 0 amide bonds. The van der Waals surface area contributed by atoms with Gasteiger partial charge in [-0.15, -0.1) is 0 Å². The molecule has 2 fully saturated rings. The van der Waals surface area contributed by atoms with Crippen LogP contribution in [0.1, 0.15) is 32.6 Å². The lowest BCUT2D eigenvalue weighted by molar-refractivity contribution is -0.0572. The molecule has 0 unspecified atom stereocenters. The Morgan fingerprint density at radius 1 is 1.43 bits per heavy atom. The van der Waals surface area contributed by atoms with Gasteiger partial charge in [0.25, 0.3) is 0 Å². The predicted molar refractivity (Wildman–Crippen MR) is 52.9 cm³/mol. The number of rotatable bonds is 3. The van der Waals surface area contributed by atoms with E-state index in [1.165, 1.54) is 0 Å². The Labute approximate surface area is 85.1 Å². The first kappa shape index (κ1) is 10.4. The second kappa shape index (κ2) is 4.17. The van der Waals surface area contributed by atoms with Gasteiger partial charge in [0.05, 0.1) is 18.3 Å². The summed E-state index contributed by atoms with van der Waals surface area (Å²) in [5, 5.41) is 18.8. The highest BCUT2D eigenvalue weighted by Gasteiger charge is 2.45. The van der Waals surface area contributed by atoms with Gasteiger partial charge in [-0.1, -0.05) is 6.92 Å². The van der Waals surface area contributed by atoms with Crippen molar-refractivity contribution in [2.75, 3.05) is 6.61 Å². The molecule has 3 heteroatoms. The molecule has 3 nitrogen and oxygen atoms in total. The molecule has 2 rings (SSSR count). The molecule has 0 aromatic heterocycles. The van der Waals surface area contributed by atoms with Crippen LogP contribution in [0.15, 0.2) is 0 Å². The zero-order valence-electron chi connectivity index (χ0n) is 8.72. The molecule has 0 aromatic rings. The van der Waals surface area contributed by atoms with Crippen LogP contribution < -0.4 is 0 Å². The van der Waals surface area contributed by atoms with Crippen molar-refractivity contribution < 1.29 is 14.9 Å².